The number of carbonyl (C=O) groups excluding carboxylic acids is 1. The van der Waals surface area contributed by atoms with Gasteiger partial charge in [-0.05, 0) is 51.0 Å². The van der Waals surface area contributed by atoms with E-state index < -0.39 is 16.1 Å². The highest BCUT2D eigenvalue weighted by molar-refractivity contribution is 7.89. The number of aryl methyl sites for hydroxylation is 1. The Hall–Kier alpha value is -2.49. The zero-order chi connectivity index (χ0) is 21.3. The molecule has 1 aromatic heterocycles. The molecular formula is C21H23N3O4S2. The fraction of sp³-hybridized carbons (Fsp3) is 0.333. The van der Waals surface area contributed by atoms with Crippen LogP contribution in [0, 0.1) is 6.92 Å². The minimum absolute atomic E-state index is 0.203. The van der Waals surface area contributed by atoms with Gasteiger partial charge in [0.25, 0.3) is 0 Å². The normalized spacial score (nSPS) is 17.3. The molecule has 0 spiro atoms. The third kappa shape index (κ3) is 3.92. The van der Waals surface area contributed by atoms with Crippen molar-refractivity contribution in [2.24, 2.45) is 0 Å². The van der Waals surface area contributed by atoms with E-state index in [9.17, 15) is 13.2 Å². The molecule has 1 aliphatic rings. The maximum atomic E-state index is 13.1. The van der Waals surface area contributed by atoms with Gasteiger partial charge < -0.3 is 10.1 Å². The van der Waals surface area contributed by atoms with E-state index in [0.29, 0.717) is 42.4 Å². The Labute approximate surface area is 179 Å². The third-order valence-corrected chi connectivity index (χ3v) is 7.90. The average molecular weight is 446 g/mol. The number of aromatic nitrogens is 1. The van der Waals surface area contributed by atoms with Gasteiger partial charge in [0.15, 0.2) is 5.13 Å². The topological polar surface area (TPSA) is 88.6 Å². The van der Waals surface area contributed by atoms with Crippen molar-refractivity contribution in [2.45, 2.75) is 37.6 Å². The number of anilines is 1. The molecule has 7 nitrogen and oxygen atoms in total. The summed E-state index contributed by atoms with van der Waals surface area (Å²) in [5, 5.41) is 3.24. The van der Waals surface area contributed by atoms with Crippen molar-refractivity contribution < 1.29 is 17.9 Å². The first-order chi connectivity index (χ1) is 14.4. The van der Waals surface area contributed by atoms with Gasteiger partial charge in [-0.15, -0.1) is 0 Å². The molecule has 0 bridgehead atoms. The van der Waals surface area contributed by atoms with Crippen LogP contribution in [0.3, 0.4) is 0 Å². The van der Waals surface area contributed by atoms with Gasteiger partial charge >= 0.3 is 0 Å². The van der Waals surface area contributed by atoms with Crippen molar-refractivity contribution in [2.75, 3.05) is 18.5 Å². The summed E-state index contributed by atoms with van der Waals surface area (Å²) in [6.07, 6.45) is 1.11. The Morgan fingerprint density at radius 1 is 1.27 bits per heavy atom. The van der Waals surface area contributed by atoms with Gasteiger partial charge in [0, 0.05) is 6.54 Å². The Kier molecular flexibility index (Phi) is 5.77. The van der Waals surface area contributed by atoms with Crippen LogP contribution in [0.2, 0.25) is 0 Å². The Bertz CT molecular complexity index is 1170. The lowest BCUT2D eigenvalue weighted by molar-refractivity contribution is -0.119. The summed E-state index contributed by atoms with van der Waals surface area (Å²) >= 11 is 1.34. The van der Waals surface area contributed by atoms with Gasteiger partial charge in [0.1, 0.15) is 17.3 Å². The molecule has 1 atom stereocenters. The molecule has 158 valence electrons. The summed E-state index contributed by atoms with van der Waals surface area (Å²) in [5.41, 5.74) is 1.67. The van der Waals surface area contributed by atoms with Crippen molar-refractivity contribution in [1.82, 2.24) is 9.29 Å². The Balaban J connectivity index is 1.56. The van der Waals surface area contributed by atoms with Crippen molar-refractivity contribution in [3.8, 4) is 5.75 Å². The molecule has 1 amide bonds. The molecule has 9 heteroatoms. The monoisotopic (exact) mass is 445 g/mol. The lowest BCUT2D eigenvalue weighted by Crippen LogP contribution is -2.43. The summed E-state index contributed by atoms with van der Waals surface area (Å²) in [6.45, 7) is 4.64. The average Bonchev–Trinajstić information content (AvgIpc) is 3.36. The van der Waals surface area contributed by atoms with Crippen LogP contribution in [0.25, 0.3) is 10.2 Å². The van der Waals surface area contributed by atoms with Crippen LogP contribution in [0.15, 0.2) is 47.4 Å². The molecule has 0 radical (unpaired) electrons. The van der Waals surface area contributed by atoms with Crippen LogP contribution in [-0.4, -0.2) is 42.8 Å². The molecule has 4 rings (SSSR count). The number of nitrogens with zero attached hydrogens (tertiary/aromatic N) is 2. The first kappa shape index (κ1) is 20.8. The third-order valence-electron chi connectivity index (χ3n) is 5.05. The largest absolute Gasteiger partial charge is 0.492 e. The zero-order valence-electron chi connectivity index (χ0n) is 16.8. The fourth-order valence-corrected chi connectivity index (χ4v) is 6.12. The highest BCUT2D eigenvalue weighted by atomic mass is 32.2. The van der Waals surface area contributed by atoms with Gasteiger partial charge in [-0.1, -0.05) is 35.1 Å². The molecule has 1 N–H and O–H groups in total. The van der Waals surface area contributed by atoms with Gasteiger partial charge in [-0.25, -0.2) is 13.4 Å². The number of hydrogen-bond acceptors (Lipinski definition) is 6. The van der Waals surface area contributed by atoms with E-state index in [4.69, 9.17) is 4.74 Å². The van der Waals surface area contributed by atoms with Gasteiger partial charge in [0.2, 0.25) is 15.9 Å². The SMILES string of the molecule is CCOc1cccc2sc(NC(=O)C3CCCN3S(=O)(=O)c3ccc(C)cc3)nc12. The number of amides is 1. The number of carbonyl (C=O) groups is 1. The lowest BCUT2D eigenvalue weighted by atomic mass is 10.2. The first-order valence-corrected chi connectivity index (χ1v) is 12.1. The molecule has 2 heterocycles. The van der Waals surface area contributed by atoms with E-state index in [-0.39, 0.29) is 10.8 Å². The summed E-state index contributed by atoms with van der Waals surface area (Å²) in [6, 6.07) is 11.6. The van der Waals surface area contributed by atoms with Crippen LogP contribution in [-0.2, 0) is 14.8 Å². The number of ether oxygens (including phenoxy) is 1. The number of sulfonamides is 1. The fourth-order valence-electron chi connectivity index (χ4n) is 3.57. The molecule has 1 unspecified atom stereocenters. The standard InChI is InChI=1S/C21H23N3O4S2/c1-3-28-17-7-4-8-18-19(17)22-21(29-18)23-20(25)16-6-5-13-24(16)30(26,27)15-11-9-14(2)10-12-15/h4,7-12,16H,3,5-6,13H2,1-2H3,(H,22,23,25). The van der Waals surface area contributed by atoms with Crippen LogP contribution >= 0.6 is 11.3 Å². The number of hydrogen-bond donors (Lipinski definition) is 1. The number of thiazole rings is 1. The second-order valence-electron chi connectivity index (χ2n) is 7.13. The quantitative estimate of drug-likeness (QED) is 0.624. The molecule has 0 saturated carbocycles. The number of benzene rings is 2. The van der Waals surface area contributed by atoms with Crippen molar-refractivity contribution in [3.05, 3.63) is 48.0 Å². The van der Waals surface area contributed by atoms with E-state index in [1.807, 2.05) is 32.0 Å². The van der Waals surface area contributed by atoms with E-state index in [2.05, 4.69) is 10.3 Å². The van der Waals surface area contributed by atoms with Crippen LogP contribution in [0.1, 0.15) is 25.3 Å². The predicted molar refractivity (Wildman–Crippen MR) is 118 cm³/mol. The van der Waals surface area contributed by atoms with Crippen molar-refractivity contribution >= 4 is 42.6 Å². The molecule has 2 aromatic carbocycles. The number of nitrogens with one attached hydrogen (secondary N) is 1. The van der Waals surface area contributed by atoms with Crippen molar-refractivity contribution in [3.63, 3.8) is 0 Å². The van der Waals surface area contributed by atoms with Crippen LogP contribution in [0.5, 0.6) is 5.75 Å². The molecule has 1 fully saturated rings. The van der Waals surface area contributed by atoms with E-state index in [1.165, 1.54) is 15.6 Å². The zero-order valence-corrected chi connectivity index (χ0v) is 18.4. The Morgan fingerprint density at radius 2 is 2.03 bits per heavy atom. The van der Waals surface area contributed by atoms with Crippen molar-refractivity contribution in [1.29, 1.82) is 0 Å². The molecule has 0 aliphatic carbocycles. The lowest BCUT2D eigenvalue weighted by Gasteiger charge is -2.23. The summed E-state index contributed by atoms with van der Waals surface area (Å²) in [4.78, 5) is 17.7. The molecule has 3 aromatic rings. The highest BCUT2D eigenvalue weighted by Gasteiger charge is 2.39. The number of fused-ring (bicyclic) bond motifs is 1. The molecule has 30 heavy (non-hydrogen) atoms. The Morgan fingerprint density at radius 3 is 2.77 bits per heavy atom. The van der Waals surface area contributed by atoms with Gasteiger partial charge in [-0.3, -0.25) is 4.79 Å². The minimum Gasteiger partial charge on any atom is -0.492 e. The number of para-hydroxylation sites is 1. The summed E-state index contributed by atoms with van der Waals surface area (Å²) in [7, 11) is -3.75. The minimum atomic E-state index is -3.75. The molecule has 1 aliphatic heterocycles. The summed E-state index contributed by atoms with van der Waals surface area (Å²) < 4.78 is 34.0. The second kappa shape index (κ2) is 8.33. The van der Waals surface area contributed by atoms with Gasteiger partial charge in [0.05, 0.1) is 16.2 Å². The van der Waals surface area contributed by atoms with Crippen LogP contribution in [0.4, 0.5) is 5.13 Å². The van der Waals surface area contributed by atoms with E-state index in [1.54, 1.807) is 24.3 Å². The molecule has 1 saturated heterocycles. The molecular weight excluding hydrogens is 422 g/mol. The van der Waals surface area contributed by atoms with Gasteiger partial charge in [-0.2, -0.15) is 4.31 Å². The maximum Gasteiger partial charge on any atom is 0.244 e. The smallest absolute Gasteiger partial charge is 0.244 e. The second-order valence-corrected chi connectivity index (χ2v) is 10.1. The summed E-state index contributed by atoms with van der Waals surface area (Å²) in [5.74, 6) is 0.302. The van der Waals surface area contributed by atoms with E-state index in [0.717, 1.165) is 10.3 Å². The maximum absolute atomic E-state index is 13.1. The predicted octanol–water partition coefficient (Wildman–Crippen LogP) is 3.80. The first-order valence-electron chi connectivity index (χ1n) is 9.82. The van der Waals surface area contributed by atoms with Crippen LogP contribution < -0.4 is 10.1 Å². The number of rotatable bonds is 6. The highest BCUT2D eigenvalue weighted by Crippen LogP contribution is 2.33. The van der Waals surface area contributed by atoms with E-state index >= 15 is 0 Å².